The normalized spacial score (nSPS) is 11.3. The lowest BCUT2D eigenvalue weighted by molar-refractivity contribution is 0.102. The number of para-hydroxylation sites is 1. The maximum absolute atomic E-state index is 13.1. The molecule has 0 aliphatic carbocycles. The third-order valence-corrected chi connectivity index (χ3v) is 5.86. The van der Waals surface area contributed by atoms with Gasteiger partial charge in [-0.05, 0) is 32.1 Å². The van der Waals surface area contributed by atoms with Gasteiger partial charge in [0.2, 0.25) is 0 Å². The van der Waals surface area contributed by atoms with Crippen LogP contribution in [0.1, 0.15) is 29.8 Å². The minimum atomic E-state index is -0.352. The molecule has 0 unspecified atom stereocenters. The van der Waals surface area contributed by atoms with Crippen LogP contribution in [0, 0.1) is 6.92 Å². The molecule has 2 aromatic carbocycles. The number of anilines is 1. The maximum Gasteiger partial charge on any atom is 0.259 e. The smallest absolute Gasteiger partial charge is 0.259 e. The standard InChI is InChI=1S/C26H28N4O3/c1-4-29(5-2)14-15-30-17-20(16-27-30)28-26(32)22-13-9-12-21-23(31)18(3)24(33-25(21)22)19-10-7-6-8-11-19/h6-13,16-17H,4-5,14-15H2,1-3H3,(H,28,32). The Kier molecular flexibility index (Phi) is 6.70. The van der Waals surface area contributed by atoms with Gasteiger partial charge in [-0.2, -0.15) is 5.10 Å². The number of nitrogens with zero attached hydrogens (tertiary/aromatic N) is 3. The van der Waals surface area contributed by atoms with Crippen LogP contribution in [0.3, 0.4) is 0 Å². The molecule has 2 heterocycles. The fourth-order valence-electron chi connectivity index (χ4n) is 3.89. The Hall–Kier alpha value is -3.71. The molecule has 7 heteroatoms. The monoisotopic (exact) mass is 444 g/mol. The van der Waals surface area contributed by atoms with Crippen LogP contribution in [0.2, 0.25) is 0 Å². The highest BCUT2D eigenvalue weighted by Gasteiger charge is 2.19. The summed E-state index contributed by atoms with van der Waals surface area (Å²) < 4.78 is 7.97. The van der Waals surface area contributed by atoms with Gasteiger partial charge in [0, 0.05) is 23.9 Å². The second kappa shape index (κ2) is 9.83. The molecule has 0 radical (unpaired) electrons. The number of hydrogen-bond acceptors (Lipinski definition) is 5. The van der Waals surface area contributed by atoms with Crippen molar-refractivity contribution in [2.75, 3.05) is 25.0 Å². The van der Waals surface area contributed by atoms with Gasteiger partial charge < -0.3 is 14.6 Å². The number of hydrogen-bond donors (Lipinski definition) is 1. The third kappa shape index (κ3) is 4.73. The summed E-state index contributed by atoms with van der Waals surface area (Å²) >= 11 is 0. The van der Waals surface area contributed by atoms with E-state index in [4.69, 9.17) is 4.42 Å². The molecule has 0 saturated carbocycles. The molecule has 7 nitrogen and oxygen atoms in total. The molecule has 4 aromatic rings. The summed E-state index contributed by atoms with van der Waals surface area (Å²) in [6.07, 6.45) is 3.43. The van der Waals surface area contributed by atoms with E-state index in [1.54, 1.807) is 31.3 Å². The fraction of sp³-hybridized carbons (Fsp3) is 0.269. The Morgan fingerprint density at radius 1 is 1.09 bits per heavy atom. The molecule has 0 spiro atoms. The van der Waals surface area contributed by atoms with E-state index in [0.29, 0.717) is 28.0 Å². The van der Waals surface area contributed by atoms with Crippen molar-refractivity contribution in [3.05, 3.63) is 82.3 Å². The van der Waals surface area contributed by atoms with E-state index in [0.717, 1.165) is 31.7 Å². The van der Waals surface area contributed by atoms with Crippen molar-refractivity contribution >= 4 is 22.6 Å². The fourth-order valence-corrected chi connectivity index (χ4v) is 3.89. The minimum absolute atomic E-state index is 0.144. The van der Waals surface area contributed by atoms with Crippen molar-refractivity contribution in [1.29, 1.82) is 0 Å². The highest BCUT2D eigenvalue weighted by molar-refractivity contribution is 6.11. The predicted octanol–water partition coefficient (Wildman–Crippen LogP) is 4.56. The first-order valence-corrected chi connectivity index (χ1v) is 11.2. The number of nitrogens with one attached hydrogen (secondary N) is 1. The molecular weight excluding hydrogens is 416 g/mol. The zero-order chi connectivity index (χ0) is 23.4. The number of benzene rings is 2. The SMILES string of the molecule is CCN(CC)CCn1cc(NC(=O)c2cccc3c(=O)c(C)c(-c4ccccc4)oc23)cn1. The Labute approximate surface area is 192 Å². The number of likely N-dealkylation sites (N-methyl/N-ethyl adjacent to an activating group) is 1. The van der Waals surface area contributed by atoms with E-state index >= 15 is 0 Å². The largest absolute Gasteiger partial charge is 0.455 e. The topological polar surface area (TPSA) is 80.4 Å². The van der Waals surface area contributed by atoms with Gasteiger partial charge in [-0.1, -0.05) is 50.2 Å². The highest BCUT2D eigenvalue weighted by atomic mass is 16.3. The maximum atomic E-state index is 13.1. The van der Waals surface area contributed by atoms with Crippen LogP contribution in [0.15, 0.2) is 70.1 Å². The number of fused-ring (bicyclic) bond motifs is 1. The second-order valence-electron chi connectivity index (χ2n) is 7.91. The first-order chi connectivity index (χ1) is 16.0. The summed E-state index contributed by atoms with van der Waals surface area (Å²) in [6, 6.07) is 14.5. The lowest BCUT2D eigenvalue weighted by atomic mass is 10.0. The van der Waals surface area contributed by atoms with Gasteiger partial charge in [0.25, 0.3) is 5.91 Å². The average molecular weight is 445 g/mol. The molecule has 0 aliphatic heterocycles. The van der Waals surface area contributed by atoms with Gasteiger partial charge in [-0.15, -0.1) is 0 Å². The Morgan fingerprint density at radius 2 is 1.85 bits per heavy atom. The molecule has 0 atom stereocenters. The number of amides is 1. The quantitative estimate of drug-likeness (QED) is 0.431. The van der Waals surface area contributed by atoms with E-state index in [1.807, 2.05) is 41.2 Å². The highest BCUT2D eigenvalue weighted by Crippen LogP contribution is 2.27. The van der Waals surface area contributed by atoms with Gasteiger partial charge in [0.05, 0.1) is 29.4 Å². The lowest BCUT2D eigenvalue weighted by Gasteiger charge is -2.17. The van der Waals surface area contributed by atoms with E-state index in [1.165, 1.54) is 0 Å². The summed E-state index contributed by atoms with van der Waals surface area (Å²) in [5.41, 5.74) is 2.33. The van der Waals surface area contributed by atoms with Gasteiger partial charge in [-0.25, -0.2) is 0 Å². The van der Waals surface area contributed by atoms with Crippen molar-refractivity contribution in [3.8, 4) is 11.3 Å². The molecule has 33 heavy (non-hydrogen) atoms. The lowest BCUT2D eigenvalue weighted by Crippen LogP contribution is -2.27. The Balaban J connectivity index is 1.63. The first-order valence-electron chi connectivity index (χ1n) is 11.2. The van der Waals surface area contributed by atoms with Crippen LogP contribution in [0.5, 0.6) is 0 Å². The summed E-state index contributed by atoms with van der Waals surface area (Å²) in [7, 11) is 0. The van der Waals surface area contributed by atoms with Crippen LogP contribution in [-0.2, 0) is 6.54 Å². The number of carbonyl (C=O) groups is 1. The summed E-state index contributed by atoms with van der Waals surface area (Å²) in [5.74, 6) is 0.118. The number of aromatic nitrogens is 2. The van der Waals surface area contributed by atoms with E-state index in [-0.39, 0.29) is 16.9 Å². The van der Waals surface area contributed by atoms with Gasteiger partial charge in [0.1, 0.15) is 5.76 Å². The molecule has 4 rings (SSSR count). The first kappa shape index (κ1) is 22.5. The molecule has 1 amide bonds. The number of carbonyl (C=O) groups excluding carboxylic acids is 1. The molecule has 2 aromatic heterocycles. The second-order valence-corrected chi connectivity index (χ2v) is 7.91. The third-order valence-electron chi connectivity index (χ3n) is 5.86. The van der Waals surface area contributed by atoms with Gasteiger partial charge >= 0.3 is 0 Å². The zero-order valence-corrected chi connectivity index (χ0v) is 19.2. The van der Waals surface area contributed by atoms with E-state index in [9.17, 15) is 9.59 Å². The molecule has 0 aliphatic rings. The van der Waals surface area contributed by atoms with Crippen LogP contribution >= 0.6 is 0 Å². The van der Waals surface area contributed by atoms with Crippen LogP contribution in [-0.4, -0.2) is 40.2 Å². The van der Waals surface area contributed by atoms with E-state index in [2.05, 4.69) is 29.2 Å². The van der Waals surface area contributed by atoms with Crippen molar-refractivity contribution in [2.45, 2.75) is 27.3 Å². The molecule has 170 valence electrons. The van der Waals surface area contributed by atoms with Crippen molar-refractivity contribution in [3.63, 3.8) is 0 Å². The van der Waals surface area contributed by atoms with Gasteiger partial charge in [0.15, 0.2) is 11.0 Å². The number of rotatable bonds is 8. The van der Waals surface area contributed by atoms with Crippen LogP contribution < -0.4 is 10.7 Å². The predicted molar refractivity (Wildman–Crippen MR) is 131 cm³/mol. The van der Waals surface area contributed by atoms with Crippen LogP contribution in [0.4, 0.5) is 5.69 Å². The Bertz CT molecular complexity index is 1320. The molecule has 1 N–H and O–H groups in total. The molecular formula is C26H28N4O3. The minimum Gasteiger partial charge on any atom is -0.455 e. The summed E-state index contributed by atoms with van der Waals surface area (Å²) in [4.78, 5) is 28.5. The Morgan fingerprint density at radius 3 is 2.58 bits per heavy atom. The summed E-state index contributed by atoms with van der Waals surface area (Å²) in [6.45, 7) is 9.60. The van der Waals surface area contributed by atoms with Gasteiger partial charge in [-0.3, -0.25) is 14.3 Å². The zero-order valence-electron chi connectivity index (χ0n) is 19.2. The molecule has 0 bridgehead atoms. The van der Waals surface area contributed by atoms with Crippen molar-refractivity contribution in [1.82, 2.24) is 14.7 Å². The van der Waals surface area contributed by atoms with Crippen molar-refractivity contribution in [2.24, 2.45) is 0 Å². The molecule has 0 saturated heterocycles. The summed E-state index contributed by atoms with van der Waals surface area (Å²) in [5, 5.41) is 7.61. The molecule has 0 fully saturated rings. The average Bonchev–Trinajstić information content (AvgIpc) is 3.29. The van der Waals surface area contributed by atoms with Crippen LogP contribution in [0.25, 0.3) is 22.3 Å². The van der Waals surface area contributed by atoms with Crippen molar-refractivity contribution < 1.29 is 9.21 Å². The van der Waals surface area contributed by atoms with E-state index < -0.39 is 0 Å².